The number of rotatable bonds is 3. The number of hydrogen-bond acceptors (Lipinski definition) is 4. The Labute approximate surface area is 105 Å². The average Bonchev–Trinajstić information content (AvgIpc) is 2.58. The molecule has 3 N–H and O–H groups in total. The van der Waals surface area contributed by atoms with Gasteiger partial charge in [-0.05, 0) is 19.1 Å². The van der Waals surface area contributed by atoms with Gasteiger partial charge in [0.25, 0.3) is 0 Å². The minimum Gasteiger partial charge on any atom is -0.389 e. The molecule has 2 rings (SSSR count). The zero-order valence-electron chi connectivity index (χ0n) is 9.64. The van der Waals surface area contributed by atoms with Crippen molar-refractivity contribution in [2.24, 2.45) is 12.8 Å². The van der Waals surface area contributed by atoms with Gasteiger partial charge in [0, 0.05) is 19.4 Å². The Morgan fingerprint density at radius 3 is 2.88 bits per heavy atom. The van der Waals surface area contributed by atoms with E-state index in [-0.39, 0.29) is 0 Å². The second-order valence-corrected chi connectivity index (χ2v) is 4.13. The Balaban J connectivity index is 2.36. The molecule has 0 aliphatic heterocycles. The summed E-state index contributed by atoms with van der Waals surface area (Å²) in [5.41, 5.74) is 8.16. The van der Waals surface area contributed by atoms with Gasteiger partial charge in [0.05, 0.1) is 16.9 Å². The van der Waals surface area contributed by atoms with Gasteiger partial charge in [-0.3, -0.25) is 4.68 Å². The van der Waals surface area contributed by atoms with E-state index >= 15 is 0 Å². The average molecular weight is 247 g/mol. The van der Waals surface area contributed by atoms with E-state index < -0.39 is 0 Å². The van der Waals surface area contributed by atoms with Crippen LogP contribution in [0.5, 0.6) is 0 Å². The van der Waals surface area contributed by atoms with Crippen LogP contribution in [0.3, 0.4) is 0 Å². The molecule has 0 aliphatic rings. The first kappa shape index (κ1) is 11.5. The fourth-order valence-corrected chi connectivity index (χ4v) is 1.72. The molecule has 0 bridgehead atoms. The molecule has 2 aromatic rings. The number of aryl methyl sites for hydroxylation is 2. The summed E-state index contributed by atoms with van der Waals surface area (Å²) in [5, 5.41) is 7.43. The van der Waals surface area contributed by atoms with Crippen LogP contribution >= 0.6 is 12.2 Å². The van der Waals surface area contributed by atoms with Gasteiger partial charge in [-0.2, -0.15) is 5.10 Å². The third kappa shape index (κ3) is 2.42. The van der Waals surface area contributed by atoms with Crippen LogP contribution in [0.25, 0.3) is 0 Å². The summed E-state index contributed by atoms with van der Waals surface area (Å²) in [7, 11) is 1.87. The Bertz CT molecular complexity index is 561. The van der Waals surface area contributed by atoms with Crippen molar-refractivity contribution < 1.29 is 0 Å². The quantitative estimate of drug-likeness (QED) is 0.804. The van der Waals surface area contributed by atoms with Crippen LogP contribution in [-0.2, 0) is 7.05 Å². The zero-order chi connectivity index (χ0) is 12.4. The fourth-order valence-electron chi connectivity index (χ4n) is 1.55. The van der Waals surface area contributed by atoms with Gasteiger partial charge in [-0.1, -0.05) is 12.2 Å². The largest absolute Gasteiger partial charge is 0.389 e. The lowest BCUT2D eigenvalue weighted by molar-refractivity contribution is 0.756. The Hall–Kier alpha value is -1.95. The number of aromatic nitrogens is 3. The maximum atomic E-state index is 5.64. The van der Waals surface area contributed by atoms with Gasteiger partial charge in [-0.15, -0.1) is 0 Å². The number of nitrogens with two attached hydrogens (primary N) is 1. The van der Waals surface area contributed by atoms with E-state index in [1.54, 1.807) is 16.9 Å². The topological polar surface area (TPSA) is 68.8 Å². The van der Waals surface area contributed by atoms with Crippen LogP contribution in [-0.4, -0.2) is 19.8 Å². The van der Waals surface area contributed by atoms with E-state index in [0.717, 1.165) is 16.9 Å². The molecule has 88 valence electrons. The molecule has 0 unspecified atom stereocenters. The summed E-state index contributed by atoms with van der Waals surface area (Å²) in [5.74, 6) is 0.649. The van der Waals surface area contributed by atoms with Crippen LogP contribution < -0.4 is 11.1 Å². The molecule has 0 spiro atoms. The van der Waals surface area contributed by atoms with Crippen molar-refractivity contribution in [3.8, 4) is 0 Å². The van der Waals surface area contributed by atoms with E-state index in [1.165, 1.54) is 0 Å². The first-order chi connectivity index (χ1) is 8.08. The van der Waals surface area contributed by atoms with E-state index in [1.807, 2.05) is 26.2 Å². The van der Waals surface area contributed by atoms with Crippen LogP contribution in [0.1, 0.15) is 11.3 Å². The Kier molecular flexibility index (Phi) is 3.06. The number of nitrogens with zero attached hydrogens (tertiary/aromatic N) is 3. The maximum absolute atomic E-state index is 5.64. The Morgan fingerprint density at radius 1 is 1.53 bits per heavy atom. The summed E-state index contributed by atoms with van der Waals surface area (Å²) in [6.45, 7) is 1.92. The first-order valence-corrected chi connectivity index (χ1v) is 5.51. The van der Waals surface area contributed by atoms with Crippen LogP contribution in [0.4, 0.5) is 11.5 Å². The molecule has 0 aromatic carbocycles. The Morgan fingerprint density at radius 2 is 2.29 bits per heavy atom. The van der Waals surface area contributed by atoms with Gasteiger partial charge in [0.2, 0.25) is 0 Å². The summed E-state index contributed by atoms with van der Waals surface area (Å²) in [6.07, 6.45) is 3.57. The van der Waals surface area contributed by atoms with Gasteiger partial charge in [-0.25, -0.2) is 4.98 Å². The lowest BCUT2D eigenvalue weighted by atomic mass is 10.2. The highest BCUT2D eigenvalue weighted by atomic mass is 32.1. The SMILES string of the molecule is Cc1nn(C)cc1Nc1ncccc1C(N)=S. The minimum absolute atomic E-state index is 0.321. The van der Waals surface area contributed by atoms with Crippen molar-refractivity contribution in [3.05, 3.63) is 35.8 Å². The number of anilines is 2. The molecule has 0 saturated carbocycles. The highest BCUT2D eigenvalue weighted by molar-refractivity contribution is 7.80. The normalized spacial score (nSPS) is 10.2. The third-order valence-corrected chi connectivity index (χ3v) is 2.56. The van der Waals surface area contributed by atoms with E-state index in [4.69, 9.17) is 18.0 Å². The predicted molar refractivity (Wildman–Crippen MR) is 71.4 cm³/mol. The first-order valence-electron chi connectivity index (χ1n) is 5.10. The number of nitrogens with one attached hydrogen (secondary N) is 1. The van der Waals surface area contributed by atoms with Gasteiger partial charge in [0.15, 0.2) is 0 Å². The van der Waals surface area contributed by atoms with E-state index in [2.05, 4.69) is 15.4 Å². The second-order valence-electron chi connectivity index (χ2n) is 3.69. The molecule has 2 aromatic heterocycles. The second kappa shape index (κ2) is 4.50. The smallest absolute Gasteiger partial charge is 0.140 e. The van der Waals surface area contributed by atoms with Crippen molar-refractivity contribution in [1.29, 1.82) is 0 Å². The maximum Gasteiger partial charge on any atom is 0.140 e. The molecule has 0 radical (unpaired) electrons. The van der Waals surface area contributed by atoms with Crippen molar-refractivity contribution in [3.63, 3.8) is 0 Å². The molecule has 0 atom stereocenters. The van der Waals surface area contributed by atoms with Crippen molar-refractivity contribution >= 4 is 28.7 Å². The van der Waals surface area contributed by atoms with E-state index in [0.29, 0.717) is 10.8 Å². The molecule has 0 fully saturated rings. The summed E-state index contributed by atoms with van der Waals surface area (Å²) >= 11 is 4.98. The number of pyridine rings is 1. The monoisotopic (exact) mass is 247 g/mol. The van der Waals surface area contributed by atoms with Gasteiger partial charge in [0.1, 0.15) is 10.8 Å². The number of hydrogen-bond donors (Lipinski definition) is 2. The van der Waals surface area contributed by atoms with Crippen LogP contribution in [0.15, 0.2) is 24.5 Å². The molecular weight excluding hydrogens is 234 g/mol. The minimum atomic E-state index is 0.321. The summed E-state index contributed by atoms with van der Waals surface area (Å²) < 4.78 is 1.74. The standard InChI is InChI=1S/C11H13N5S/c1-7-9(6-16(2)15-7)14-11-8(10(12)17)4-3-5-13-11/h3-6H,1-2H3,(H2,12,17)(H,13,14). The molecule has 0 amide bonds. The van der Waals surface area contributed by atoms with Gasteiger partial charge >= 0.3 is 0 Å². The van der Waals surface area contributed by atoms with Crippen molar-refractivity contribution in [1.82, 2.24) is 14.8 Å². The highest BCUT2D eigenvalue weighted by Gasteiger charge is 2.09. The zero-order valence-corrected chi connectivity index (χ0v) is 10.5. The molecule has 5 nitrogen and oxygen atoms in total. The summed E-state index contributed by atoms with van der Waals surface area (Å²) in [6, 6.07) is 3.64. The molecule has 0 saturated heterocycles. The van der Waals surface area contributed by atoms with E-state index in [9.17, 15) is 0 Å². The van der Waals surface area contributed by atoms with Crippen LogP contribution in [0, 0.1) is 6.92 Å². The highest BCUT2D eigenvalue weighted by Crippen LogP contribution is 2.20. The third-order valence-electron chi connectivity index (χ3n) is 2.34. The molecular formula is C11H13N5S. The lowest BCUT2D eigenvalue weighted by Crippen LogP contribution is -2.12. The van der Waals surface area contributed by atoms with Crippen LogP contribution in [0.2, 0.25) is 0 Å². The fraction of sp³-hybridized carbons (Fsp3) is 0.182. The molecule has 0 aliphatic carbocycles. The summed E-state index contributed by atoms with van der Waals surface area (Å²) in [4.78, 5) is 4.55. The number of thiocarbonyl (C=S) groups is 1. The lowest BCUT2D eigenvalue weighted by Gasteiger charge is -2.08. The molecule has 6 heteroatoms. The van der Waals surface area contributed by atoms with Gasteiger partial charge < -0.3 is 11.1 Å². The van der Waals surface area contributed by atoms with Crippen molar-refractivity contribution in [2.45, 2.75) is 6.92 Å². The molecule has 2 heterocycles. The molecule has 17 heavy (non-hydrogen) atoms. The predicted octanol–water partition coefficient (Wildman–Crippen LogP) is 1.50. The van der Waals surface area contributed by atoms with Crippen molar-refractivity contribution in [2.75, 3.05) is 5.32 Å².